The summed E-state index contributed by atoms with van der Waals surface area (Å²) in [4.78, 5) is 0. The Labute approximate surface area is 209 Å². The smallest absolute Gasteiger partial charge is 0.193 e. The highest BCUT2D eigenvalue weighted by Gasteiger charge is 2.31. The molecule has 0 atom stereocenters. The summed E-state index contributed by atoms with van der Waals surface area (Å²) in [5, 5.41) is 0. The predicted molar refractivity (Wildman–Crippen MR) is 147 cm³/mol. The van der Waals surface area contributed by atoms with Gasteiger partial charge in [-0.3, -0.25) is 0 Å². The van der Waals surface area contributed by atoms with Gasteiger partial charge in [0.05, 0.1) is 0 Å². The number of benzene rings is 4. The second-order valence-electron chi connectivity index (χ2n) is 9.78. The zero-order valence-corrected chi connectivity index (χ0v) is 21.6. The summed E-state index contributed by atoms with van der Waals surface area (Å²) in [7, 11) is 0. The third kappa shape index (κ3) is 4.10. The summed E-state index contributed by atoms with van der Waals surface area (Å²) in [5.41, 5.74) is 15.0. The molecule has 0 unspecified atom stereocenters. The maximum atomic E-state index is 2.40. The number of rotatable bonds is 4. The molecule has 1 heterocycles. The monoisotopic (exact) mass is 457 g/mol. The van der Waals surface area contributed by atoms with E-state index in [2.05, 4.69) is 142 Å². The minimum atomic E-state index is 1.20. The number of hydrogen-bond donors (Lipinski definition) is 0. The molecular weight excluding hydrogens is 424 g/mol. The molecule has 0 aliphatic heterocycles. The van der Waals surface area contributed by atoms with Gasteiger partial charge < -0.3 is 0 Å². The van der Waals surface area contributed by atoms with Crippen molar-refractivity contribution in [1.29, 1.82) is 0 Å². The number of imidazole rings is 1. The van der Waals surface area contributed by atoms with Crippen molar-refractivity contribution < 1.29 is 4.57 Å². The van der Waals surface area contributed by atoms with Gasteiger partial charge in [0.25, 0.3) is 6.33 Å². The van der Waals surface area contributed by atoms with Gasteiger partial charge in [-0.05, 0) is 63.8 Å². The molecule has 0 saturated heterocycles. The van der Waals surface area contributed by atoms with Gasteiger partial charge in [-0.2, -0.15) is 9.13 Å². The normalized spacial score (nSPS) is 11.1. The van der Waals surface area contributed by atoms with E-state index in [0.29, 0.717) is 0 Å². The second kappa shape index (κ2) is 9.03. The molecular formula is C33H33N2+. The van der Waals surface area contributed by atoms with E-state index in [4.69, 9.17) is 0 Å². The van der Waals surface area contributed by atoms with Gasteiger partial charge in [0.2, 0.25) is 0 Å². The minimum absolute atomic E-state index is 1.20. The standard InChI is InChI=1S/C33H33N2/c1-22-17-24(3)30(25(4)18-22)34-21-35(31-26(5)19-23(2)20-27(31)6)33(29-15-11-8-12-16-29)32(34)28-13-9-7-10-14-28/h7-21H,1-6H3/q+1. The van der Waals surface area contributed by atoms with E-state index in [1.807, 2.05) is 0 Å². The van der Waals surface area contributed by atoms with E-state index in [0.717, 1.165) is 0 Å². The topological polar surface area (TPSA) is 8.81 Å². The van der Waals surface area contributed by atoms with E-state index < -0.39 is 0 Å². The van der Waals surface area contributed by atoms with Crippen LogP contribution in [0.15, 0.2) is 91.3 Å². The highest BCUT2D eigenvalue weighted by molar-refractivity contribution is 5.79. The van der Waals surface area contributed by atoms with Crippen LogP contribution in [-0.4, -0.2) is 4.57 Å². The number of nitrogens with zero attached hydrogens (tertiary/aromatic N) is 2. The Balaban J connectivity index is 1.97. The Morgan fingerprint density at radius 2 is 1.00 bits per heavy atom. The predicted octanol–water partition coefficient (Wildman–Crippen LogP) is 7.94. The Kier molecular flexibility index (Phi) is 5.90. The van der Waals surface area contributed by atoms with Crippen molar-refractivity contribution in [2.75, 3.05) is 0 Å². The molecule has 0 bridgehead atoms. The molecule has 0 N–H and O–H groups in total. The van der Waals surface area contributed by atoms with Crippen LogP contribution in [0.1, 0.15) is 33.4 Å². The molecule has 35 heavy (non-hydrogen) atoms. The molecule has 1 aromatic heterocycles. The molecule has 0 saturated carbocycles. The third-order valence-corrected chi connectivity index (χ3v) is 6.78. The van der Waals surface area contributed by atoms with Crippen molar-refractivity contribution in [1.82, 2.24) is 4.57 Å². The van der Waals surface area contributed by atoms with Crippen molar-refractivity contribution in [2.45, 2.75) is 41.5 Å². The van der Waals surface area contributed by atoms with Crippen molar-refractivity contribution in [3.63, 3.8) is 0 Å². The zero-order valence-electron chi connectivity index (χ0n) is 21.6. The van der Waals surface area contributed by atoms with E-state index in [1.54, 1.807) is 0 Å². The summed E-state index contributed by atoms with van der Waals surface area (Å²) >= 11 is 0. The summed E-state index contributed by atoms with van der Waals surface area (Å²) in [6.07, 6.45) is 2.29. The van der Waals surface area contributed by atoms with Crippen molar-refractivity contribution in [3.8, 4) is 33.9 Å². The third-order valence-electron chi connectivity index (χ3n) is 6.78. The summed E-state index contributed by atoms with van der Waals surface area (Å²) in [5.74, 6) is 0. The minimum Gasteiger partial charge on any atom is -0.193 e. The van der Waals surface area contributed by atoms with Crippen LogP contribution in [0.3, 0.4) is 0 Å². The lowest BCUT2D eigenvalue weighted by molar-refractivity contribution is -0.584. The van der Waals surface area contributed by atoms with Crippen LogP contribution in [0.4, 0.5) is 0 Å². The van der Waals surface area contributed by atoms with Crippen LogP contribution in [0.2, 0.25) is 0 Å². The van der Waals surface area contributed by atoms with Gasteiger partial charge in [0, 0.05) is 11.1 Å². The van der Waals surface area contributed by atoms with Crippen molar-refractivity contribution >= 4 is 0 Å². The van der Waals surface area contributed by atoms with Gasteiger partial charge in [-0.25, -0.2) is 0 Å². The van der Waals surface area contributed by atoms with Crippen LogP contribution >= 0.6 is 0 Å². The van der Waals surface area contributed by atoms with Gasteiger partial charge in [0.1, 0.15) is 11.4 Å². The number of aromatic nitrogens is 2. The van der Waals surface area contributed by atoms with Gasteiger partial charge in [-0.15, -0.1) is 0 Å². The fraction of sp³-hybridized carbons (Fsp3) is 0.182. The van der Waals surface area contributed by atoms with Gasteiger partial charge >= 0.3 is 0 Å². The first-order chi connectivity index (χ1) is 16.8. The maximum Gasteiger partial charge on any atom is 0.255 e. The fourth-order valence-electron chi connectivity index (χ4n) is 5.65. The maximum absolute atomic E-state index is 2.40. The highest BCUT2D eigenvalue weighted by Crippen LogP contribution is 2.36. The van der Waals surface area contributed by atoms with Crippen LogP contribution in [-0.2, 0) is 0 Å². The summed E-state index contributed by atoms with van der Waals surface area (Å²) in [6.45, 7) is 13.2. The summed E-state index contributed by atoms with van der Waals surface area (Å²) < 4.78 is 4.81. The molecule has 4 aromatic carbocycles. The second-order valence-corrected chi connectivity index (χ2v) is 9.78. The number of hydrogen-bond acceptors (Lipinski definition) is 0. The van der Waals surface area contributed by atoms with Crippen LogP contribution in [0.5, 0.6) is 0 Å². The molecule has 0 aliphatic rings. The molecule has 0 radical (unpaired) electrons. The van der Waals surface area contributed by atoms with E-state index >= 15 is 0 Å². The fourth-order valence-corrected chi connectivity index (χ4v) is 5.65. The van der Waals surface area contributed by atoms with E-state index in [9.17, 15) is 0 Å². The first-order valence-corrected chi connectivity index (χ1v) is 12.3. The first-order valence-electron chi connectivity index (χ1n) is 12.3. The zero-order chi connectivity index (χ0) is 24.7. The molecule has 2 nitrogen and oxygen atoms in total. The van der Waals surface area contributed by atoms with Crippen LogP contribution in [0.25, 0.3) is 33.9 Å². The molecule has 5 rings (SSSR count). The molecule has 5 aromatic rings. The lowest BCUT2D eigenvalue weighted by Crippen LogP contribution is -2.33. The van der Waals surface area contributed by atoms with E-state index in [1.165, 1.54) is 67.3 Å². The first kappa shape index (κ1) is 22.9. The molecule has 0 spiro atoms. The Morgan fingerprint density at radius 3 is 1.51 bits per heavy atom. The quantitative estimate of drug-likeness (QED) is 0.242. The van der Waals surface area contributed by atoms with Crippen molar-refractivity contribution in [2.24, 2.45) is 0 Å². The molecule has 174 valence electrons. The van der Waals surface area contributed by atoms with Crippen molar-refractivity contribution in [3.05, 3.63) is 125 Å². The molecule has 0 aliphatic carbocycles. The average Bonchev–Trinajstić information content (AvgIpc) is 3.18. The van der Waals surface area contributed by atoms with Crippen LogP contribution in [0, 0.1) is 41.5 Å². The Bertz CT molecular complexity index is 1360. The lowest BCUT2D eigenvalue weighted by atomic mass is 10.0. The Hall–Kier alpha value is -3.91. The van der Waals surface area contributed by atoms with Gasteiger partial charge in [0.15, 0.2) is 11.4 Å². The van der Waals surface area contributed by atoms with E-state index in [-0.39, 0.29) is 0 Å². The Morgan fingerprint density at radius 1 is 0.543 bits per heavy atom. The number of aryl methyl sites for hydroxylation is 6. The molecule has 0 fully saturated rings. The van der Waals surface area contributed by atoms with Gasteiger partial charge in [-0.1, -0.05) is 96.1 Å². The lowest BCUT2D eigenvalue weighted by Gasteiger charge is -2.11. The summed E-state index contributed by atoms with van der Waals surface area (Å²) in [6, 6.07) is 30.7. The highest BCUT2D eigenvalue weighted by atomic mass is 15.2. The largest absolute Gasteiger partial charge is 0.255 e. The molecule has 0 amide bonds. The average molecular weight is 458 g/mol. The SMILES string of the molecule is Cc1cc(C)c(-n2c[n+](-c3c(C)cc(C)cc3C)c(-c3ccccc3)c2-c2ccccc2)c(C)c1. The van der Waals surface area contributed by atoms with Crippen LogP contribution < -0.4 is 4.57 Å². The molecule has 2 heteroatoms.